The fourth-order valence-electron chi connectivity index (χ4n) is 2.90. The molecular formula is C23H14ClN3. The number of benzene rings is 3. The van der Waals surface area contributed by atoms with E-state index in [4.69, 9.17) is 21.6 Å². The lowest BCUT2D eigenvalue weighted by Gasteiger charge is -2.12. The van der Waals surface area contributed by atoms with E-state index in [1.54, 1.807) is 0 Å². The molecule has 3 nitrogen and oxygen atoms in total. The molecule has 1 heterocycles. The van der Waals surface area contributed by atoms with E-state index >= 15 is 0 Å². The number of hydrogen-bond acceptors (Lipinski definition) is 3. The zero-order valence-electron chi connectivity index (χ0n) is 14.3. The molecule has 0 atom stereocenters. The van der Waals surface area contributed by atoms with Crippen molar-refractivity contribution in [1.29, 1.82) is 5.26 Å². The summed E-state index contributed by atoms with van der Waals surface area (Å²) in [6.07, 6.45) is 0. The van der Waals surface area contributed by atoms with Crippen molar-refractivity contribution in [3.05, 3.63) is 95.5 Å². The molecule has 0 saturated carbocycles. The van der Waals surface area contributed by atoms with Gasteiger partial charge in [0.25, 0.3) is 0 Å². The van der Waals surface area contributed by atoms with Gasteiger partial charge in [0.2, 0.25) is 0 Å². The first kappa shape index (κ1) is 17.0. The molecule has 4 aromatic rings. The Kier molecular flexibility index (Phi) is 4.65. The van der Waals surface area contributed by atoms with Crippen LogP contribution >= 0.6 is 11.6 Å². The largest absolute Gasteiger partial charge is 0.227 e. The summed E-state index contributed by atoms with van der Waals surface area (Å²) < 4.78 is 0. The van der Waals surface area contributed by atoms with Gasteiger partial charge in [-0.3, -0.25) is 0 Å². The van der Waals surface area contributed by atoms with Gasteiger partial charge in [-0.15, -0.1) is 0 Å². The second kappa shape index (κ2) is 7.41. The van der Waals surface area contributed by atoms with Crippen molar-refractivity contribution in [2.75, 3.05) is 0 Å². The van der Waals surface area contributed by atoms with Gasteiger partial charge in [0, 0.05) is 21.7 Å². The van der Waals surface area contributed by atoms with Gasteiger partial charge >= 0.3 is 0 Å². The van der Waals surface area contributed by atoms with E-state index in [1.807, 2.05) is 84.9 Å². The monoisotopic (exact) mass is 367 g/mol. The summed E-state index contributed by atoms with van der Waals surface area (Å²) >= 11 is 6.02. The Balaban J connectivity index is 2.02. The Hall–Kier alpha value is -3.48. The zero-order chi connectivity index (χ0) is 18.6. The summed E-state index contributed by atoms with van der Waals surface area (Å²) in [5.41, 5.74) is 4.31. The molecule has 4 rings (SSSR count). The molecule has 0 unspecified atom stereocenters. The number of rotatable bonds is 3. The van der Waals surface area contributed by atoms with E-state index < -0.39 is 0 Å². The Morgan fingerprint density at radius 1 is 0.630 bits per heavy atom. The molecule has 4 heteroatoms. The first-order valence-corrected chi connectivity index (χ1v) is 8.83. The molecule has 0 radical (unpaired) electrons. The van der Waals surface area contributed by atoms with Crippen LogP contribution in [0.1, 0.15) is 5.56 Å². The number of hydrogen-bond donors (Lipinski definition) is 0. The van der Waals surface area contributed by atoms with Crippen LogP contribution in [0.15, 0.2) is 84.9 Å². The molecule has 0 spiro atoms. The Bertz CT molecular complexity index is 1060. The predicted octanol–water partition coefficient (Wildman–Crippen LogP) is 6.00. The average molecular weight is 368 g/mol. The Morgan fingerprint density at radius 2 is 1.11 bits per heavy atom. The SMILES string of the molecule is N#Cc1c(-c2ccccc2)nc(-c2ccc(Cl)cc2)nc1-c1ccccc1. The number of halogens is 1. The smallest absolute Gasteiger partial charge is 0.160 e. The van der Waals surface area contributed by atoms with Crippen molar-refractivity contribution in [3.63, 3.8) is 0 Å². The highest BCUT2D eigenvalue weighted by atomic mass is 35.5. The number of aromatic nitrogens is 2. The van der Waals surface area contributed by atoms with Crippen LogP contribution in [-0.4, -0.2) is 9.97 Å². The second-order valence-electron chi connectivity index (χ2n) is 5.97. The second-order valence-corrected chi connectivity index (χ2v) is 6.41. The summed E-state index contributed by atoms with van der Waals surface area (Å²) in [6.45, 7) is 0. The van der Waals surface area contributed by atoms with Gasteiger partial charge in [-0.2, -0.15) is 5.26 Å². The predicted molar refractivity (Wildman–Crippen MR) is 108 cm³/mol. The first-order valence-electron chi connectivity index (χ1n) is 8.45. The van der Waals surface area contributed by atoms with Gasteiger partial charge in [0.15, 0.2) is 5.82 Å². The van der Waals surface area contributed by atoms with E-state index in [1.165, 1.54) is 0 Å². The van der Waals surface area contributed by atoms with Crippen LogP contribution in [0.3, 0.4) is 0 Å². The maximum absolute atomic E-state index is 9.87. The summed E-state index contributed by atoms with van der Waals surface area (Å²) in [5, 5.41) is 10.5. The van der Waals surface area contributed by atoms with E-state index in [0.29, 0.717) is 27.8 Å². The fourth-order valence-corrected chi connectivity index (χ4v) is 3.03. The summed E-state index contributed by atoms with van der Waals surface area (Å²) in [5.74, 6) is 0.559. The fraction of sp³-hybridized carbons (Fsp3) is 0. The van der Waals surface area contributed by atoms with Crippen molar-refractivity contribution in [3.8, 4) is 40.0 Å². The molecule has 3 aromatic carbocycles. The molecule has 0 fully saturated rings. The highest BCUT2D eigenvalue weighted by Gasteiger charge is 2.18. The van der Waals surface area contributed by atoms with Crippen molar-refractivity contribution in [2.45, 2.75) is 0 Å². The minimum absolute atomic E-state index is 0.463. The normalized spacial score (nSPS) is 10.4. The molecule has 27 heavy (non-hydrogen) atoms. The van der Waals surface area contributed by atoms with Crippen LogP contribution in [0, 0.1) is 11.3 Å². The molecule has 0 saturated heterocycles. The quantitative estimate of drug-likeness (QED) is 0.446. The van der Waals surface area contributed by atoms with Crippen molar-refractivity contribution in [2.24, 2.45) is 0 Å². The molecule has 0 aliphatic carbocycles. The number of nitrogens with zero attached hydrogens (tertiary/aromatic N) is 3. The maximum Gasteiger partial charge on any atom is 0.160 e. The lowest BCUT2D eigenvalue weighted by atomic mass is 10.0. The zero-order valence-corrected chi connectivity index (χ0v) is 15.1. The highest BCUT2D eigenvalue weighted by molar-refractivity contribution is 6.30. The standard InChI is InChI=1S/C23H14ClN3/c24-19-13-11-18(12-14-19)23-26-21(16-7-3-1-4-8-16)20(15-25)22(27-23)17-9-5-2-6-10-17/h1-14H. The van der Waals surface area contributed by atoms with Crippen LogP contribution in [0.5, 0.6) is 0 Å². The van der Waals surface area contributed by atoms with Crippen molar-refractivity contribution < 1.29 is 0 Å². The van der Waals surface area contributed by atoms with Crippen LogP contribution in [0.4, 0.5) is 0 Å². The Morgan fingerprint density at radius 3 is 1.56 bits per heavy atom. The lowest BCUT2D eigenvalue weighted by Crippen LogP contribution is -2.00. The van der Waals surface area contributed by atoms with E-state index in [9.17, 15) is 5.26 Å². The van der Waals surface area contributed by atoms with Crippen molar-refractivity contribution >= 4 is 11.6 Å². The van der Waals surface area contributed by atoms with Crippen LogP contribution < -0.4 is 0 Å². The van der Waals surface area contributed by atoms with Gasteiger partial charge in [0.05, 0.1) is 11.4 Å². The average Bonchev–Trinajstić information content (AvgIpc) is 2.74. The molecular weight excluding hydrogens is 354 g/mol. The summed E-state index contributed by atoms with van der Waals surface area (Å²) in [4.78, 5) is 9.45. The molecule has 0 aliphatic heterocycles. The third-order valence-electron chi connectivity index (χ3n) is 4.22. The molecule has 0 aliphatic rings. The van der Waals surface area contributed by atoms with Gasteiger partial charge in [-0.25, -0.2) is 9.97 Å². The van der Waals surface area contributed by atoms with Gasteiger partial charge in [0.1, 0.15) is 11.6 Å². The lowest BCUT2D eigenvalue weighted by molar-refractivity contribution is 1.17. The Labute approximate surface area is 162 Å². The minimum Gasteiger partial charge on any atom is -0.227 e. The third kappa shape index (κ3) is 3.44. The molecule has 0 bridgehead atoms. The molecule has 0 amide bonds. The minimum atomic E-state index is 0.463. The van der Waals surface area contributed by atoms with Crippen molar-refractivity contribution in [1.82, 2.24) is 9.97 Å². The van der Waals surface area contributed by atoms with E-state index in [0.717, 1.165) is 16.7 Å². The van der Waals surface area contributed by atoms with Gasteiger partial charge in [-0.05, 0) is 24.3 Å². The molecule has 1 aromatic heterocycles. The van der Waals surface area contributed by atoms with Crippen LogP contribution in [0.25, 0.3) is 33.9 Å². The van der Waals surface area contributed by atoms with Crippen LogP contribution in [0.2, 0.25) is 5.02 Å². The first-order chi connectivity index (χ1) is 13.3. The topological polar surface area (TPSA) is 49.6 Å². The summed E-state index contributed by atoms with van der Waals surface area (Å²) in [7, 11) is 0. The summed E-state index contributed by atoms with van der Waals surface area (Å²) in [6, 6.07) is 29.1. The maximum atomic E-state index is 9.87. The van der Waals surface area contributed by atoms with Gasteiger partial charge < -0.3 is 0 Å². The molecule has 128 valence electrons. The highest BCUT2D eigenvalue weighted by Crippen LogP contribution is 2.32. The van der Waals surface area contributed by atoms with E-state index in [2.05, 4.69) is 6.07 Å². The third-order valence-corrected chi connectivity index (χ3v) is 4.47. The molecule has 0 N–H and O–H groups in total. The van der Waals surface area contributed by atoms with Crippen LogP contribution in [-0.2, 0) is 0 Å². The number of nitriles is 1. The van der Waals surface area contributed by atoms with Gasteiger partial charge in [-0.1, -0.05) is 72.3 Å². The van der Waals surface area contributed by atoms with E-state index in [-0.39, 0.29) is 0 Å².